The van der Waals surface area contributed by atoms with Crippen molar-refractivity contribution >= 4 is 24.1 Å². The number of benzene rings is 1. The molecule has 2 aliphatic heterocycles. The van der Waals surface area contributed by atoms with E-state index >= 15 is 0 Å². The van der Waals surface area contributed by atoms with Gasteiger partial charge in [0.25, 0.3) is 5.91 Å². The lowest BCUT2D eigenvalue weighted by Crippen LogP contribution is -2.52. The number of nitrogens with zero attached hydrogens (tertiary/aromatic N) is 1. The summed E-state index contributed by atoms with van der Waals surface area (Å²) >= 11 is 0. The molecule has 1 saturated carbocycles. The van der Waals surface area contributed by atoms with Crippen LogP contribution < -0.4 is 16.0 Å². The number of nitrogens with one attached hydrogen (secondary N) is 3. The largest absolute Gasteiger partial charge is 0.356 e. The molecule has 1 atom stereocenters. The summed E-state index contributed by atoms with van der Waals surface area (Å²) in [6.07, 6.45) is 6.15. The van der Waals surface area contributed by atoms with Crippen LogP contribution in [0, 0.1) is 11.8 Å². The van der Waals surface area contributed by atoms with Crippen LogP contribution >= 0.6 is 0 Å². The molecule has 0 spiro atoms. The van der Waals surface area contributed by atoms with Crippen LogP contribution in [-0.4, -0.2) is 53.7 Å². The van der Waals surface area contributed by atoms with Crippen molar-refractivity contribution in [3.05, 3.63) is 34.9 Å². The van der Waals surface area contributed by atoms with Crippen molar-refractivity contribution in [1.82, 2.24) is 20.9 Å². The zero-order chi connectivity index (χ0) is 22.5. The van der Waals surface area contributed by atoms with Gasteiger partial charge in [0.1, 0.15) is 6.04 Å². The first-order valence-electron chi connectivity index (χ1n) is 11.3. The quantitative estimate of drug-likeness (QED) is 0.265. The molecule has 3 aliphatic rings. The van der Waals surface area contributed by atoms with E-state index in [1.54, 1.807) is 11.0 Å². The first-order valence-corrected chi connectivity index (χ1v) is 11.3. The molecule has 4 rings (SSSR count). The van der Waals surface area contributed by atoms with Gasteiger partial charge < -0.3 is 15.5 Å². The van der Waals surface area contributed by atoms with Gasteiger partial charge in [0.2, 0.25) is 18.2 Å². The van der Waals surface area contributed by atoms with Gasteiger partial charge in [-0.15, -0.1) is 0 Å². The number of amides is 4. The van der Waals surface area contributed by atoms with Crippen molar-refractivity contribution in [1.29, 1.82) is 0 Å². The maximum Gasteiger partial charge on any atom is 0.255 e. The molecule has 4 amide bonds. The van der Waals surface area contributed by atoms with Crippen LogP contribution in [0.15, 0.2) is 18.2 Å². The third-order valence-electron chi connectivity index (χ3n) is 6.52. The number of rotatable bonds is 6. The Hall–Kier alpha value is -3.18. The summed E-state index contributed by atoms with van der Waals surface area (Å²) in [6.45, 7) is 1.13. The Morgan fingerprint density at radius 3 is 2.62 bits per heavy atom. The molecule has 8 heteroatoms. The normalized spacial score (nSPS) is 24.9. The highest BCUT2D eigenvalue weighted by Gasteiger charge is 2.39. The summed E-state index contributed by atoms with van der Waals surface area (Å²) in [5, 5.41) is 8.72. The van der Waals surface area contributed by atoms with Gasteiger partial charge in [-0.1, -0.05) is 17.9 Å². The monoisotopic (exact) mass is 436 g/mol. The van der Waals surface area contributed by atoms with E-state index in [2.05, 4.69) is 27.8 Å². The first kappa shape index (κ1) is 22.0. The predicted molar refractivity (Wildman–Crippen MR) is 117 cm³/mol. The van der Waals surface area contributed by atoms with Crippen LogP contribution in [0.1, 0.15) is 66.4 Å². The Labute approximate surface area is 187 Å². The summed E-state index contributed by atoms with van der Waals surface area (Å²) in [7, 11) is 0. The maximum absolute atomic E-state index is 12.9. The van der Waals surface area contributed by atoms with Gasteiger partial charge in [-0.3, -0.25) is 24.5 Å². The second-order valence-electron chi connectivity index (χ2n) is 8.57. The highest BCUT2D eigenvalue weighted by molar-refractivity contribution is 6.05. The molecule has 3 N–H and O–H groups in total. The number of carbonyl (C=O) groups is 4. The average Bonchev–Trinajstić information content (AvgIpc) is 3.12. The summed E-state index contributed by atoms with van der Waals surface area (Å²) in [6, 6.07) is 5.64. The molecule has 1 aromatic carbocycles. The van der Waals surface area contributed by atoms with E-state index in [1.807, 2.05) is 12.1 Å². The van der Waals surface area contributed by atoms with Crippen LogP contribution in [-0.2, 0) is 20.9 Å². The maximum atomic E-state index is 12.9. The second kappa shape index (κ2) is 9.96. The molecule has 1 aromatic rings. The minimum atomic E-state index is -0.616. The molecular formula is C24H28N4O4. The molecular weight excluding hydrogens is 408 g/mol. The fraction of sp³-hybridized carbons (Fsp3) is 0.500. The van der Waals surface area contributed by atoms with Gasteiger partial charge in [-0.25, -0.2) is 0 Å². The lowest BCUT2D eigenvalue weighted by Gasteiger charge is -2.29. The Bertz CT molecular complexity index is 972. The fourth-order valence-corrected chi connectivity index (χ4v) is 4.76. The molecule has 2 fully saturated rings. The molecule has 1 unspecified atom stereocenters. The number of imide groups is 1. The van der Waals surface area contributed by atoms with Gasteiger partial charge in [0, 0.05) is 49.1 Å². The molecule has 0 aromatic heterocycles. The molecule has 0 bridgehead atoms. The zero-order valence-corrected chi connectivity index (χ0v) is 18.0. The van der Waals surface area contributed by atoms with Crippen molar-refractivity contribution in [2.24, 2.45) is 0 Å². The molecule has 1 aliphatic carbocycles. The molecule has 8 nitrogen and oxygen atoms in total. The predicted octanol–water partition coefficient (Wildman–Crippen LogP) is 0.836. The van der Waals surface area contributed by atoms with Crippen molar-refractivity contribution in [3.8, 4) is 11.8 Å². The van der Waals surface area contributed by atoms with Crippen molar-refractivity contribution in [2.75, 3.05) is 6.54 Å². The van der Waals surface area contributed by atoms with Gasteiger partial charge in [0.05, 0.1) is 0 Å². The van der Waals surface area contributed by atoms with Crippen LogP contribution in [0.4, 0.5) is 0 Å². The standard InChI is InChI=1S/C24H28N4O4/c29-15-26-18-9-7-17(8-10-18)25-13-2-1-4-16-5-3-6-19-20(16)14-28(24(19)32)21-11-12-22(30)27-23(21)31/h3,5-6,15,17-18,21,25H,2,7-14H2,(H,26,29)(H,27,30,31)/t17-,18+,21?. The van der Waals surface area contributed by atoms with Crippen molar-refractivity contribution in [2.45, 2.75) is 69.6 Å². The van der Waals surface area contributed by atoms with Gasteiger partial charge in [0.15, 0.2) is 0 Å². The van der Waals surface area contributed by atoms with Gasteiger partial charge in [-0.05, 0) is 49.8 Å². The number of fused-ring (bicyclic) bond motifs is 1. The number of hydrogen-bond acceptors (Lipinski definition) is 5. The molecule has 2 heterocycles. The van der Waals surface area contributed by atoms with Crippen LogP contribution in [0.5, 0.6) is 0 Å². The summed E-state index contributed by atoms with van der Waals surface area (Å²) in [5.41, 5.74) is 2.25. The summed E-state index contributed by atoms with van der Waals surface area (Å²) in [4.78, 5) is 48.6. The highest BCUT2D eigenvalue weighted by Crippen LogP contribution is 2.29. The van der Waals surface area contributed by atoms with E-state index in [0.717, 1.165) is 49.8 Å². The lowest BCUT2D eigenvalue weighted by molar-refractivity contribution is -0.136. The number of carbonyl (C=O) groups excluding carboxylic acids is 4. The minimum absolute atomic E-state index is 0.181. The van der Waals surface area contributed by atoms with Crippen molar-refractivity contribution < 1.29 is 19.2 Å². The SMILES string of the molecule is O=CN[C@H]1CC[C@@H](NCCC#Cc2cccc3c2CN(C2CCC(=O)NC2=O)C3=O)CC1. The average molecular weight is 437 g/mol. The second-order valence-corrected chi connectivity index (χ2v) is 8.57. The van der Waals surface area contributed by atoms with Crippen LogP contribution in [0.2, 0.25) is 0 Å². The summed E-state index contributed by atoms with van der Waals surface area (Å²) < 4.78 is 0. The van der Waals surface area contributed by atoms with E-state index in [0.29, 0.717) is 37.0 Å². The Morgan fingerprint density at radius 1 is 1.09 bits per heavy atom. The Balaban J connectivity index is 1.32. The zero-order valence-electron chi connectivity index (χ0n) is 18.0. The van der Waals surface area contributed by atoms with E-state index in [-0.39, 0.29) is 18.2 Å². The minimum Gasteiger partial charge on any atom is -0.356 e. The smallest absolute Gasteiger partial charge is 0.255 e. The van der Waals surface area contributed by atoms with Gasteiger partial charge in [-0.2, -0.15) is 0 Å². The molecule has 1 saturated heterocycles. The number of piperidine rings is 1. The summed E-state index contributed by atoms with van der Waals surface area (Å²) in [5.74, 6) is 5.52. The van der Waals surface area contributed by atoms with E-state index in [1.165, 1.54) is 0 Å². The van der Waals surface area contributed by atoms with Crippen LogP contribution in [0.3, 0.4) is 0 Å². The Morgan fingerprint density at radius 2 is 1.88 bits per heavy atom. The van der Waals surface area contributed by atoms with E-state index in [4.69, 9.17) is 0 Å². The number of hydrogen-bond donors (Lipinski definition) is 3. The van der Waals surface area contributed by atoms with Crippen molar-refractivity contribution in [3.63, 3.8) is 0 Å². The highest BCUT2D eigenvalue weighted by atomic mass is 16.2. The van der Waals surface area contributed by atoms with Crippen LogP contribution in [0.25, 0.3) is 0 Å². The lowest BCUT2D eigenvalue weighted by atomic mass is 9.91. The topological polar surface area (TPSA) is 108 Å². The van der Waals surface area contributed by atoms with E-state index < -0.39 is 11.9 Å². The molecule has 32 heavy (non-hydrogen) atoms. The first-order chi connectivity index (χ1) is 15.6. The van der Waals surface area contributed by atoms with E-state index in [9.17, 15) is 19.2 Å². The Kier molecular flexibility index (Phi) is 6.86. The third kappa shape index (κ3) is 4.83. The molecule has 0 radical (unpaired) electrons. The third-order valence-corrected chi connectivity index (χ3v) is 6.52. The fourth-order valence-electron chi connectivity index (χ4n) is 4.76. The molecule has 168 valence electrons. The van der Waals surface area contributed by atoms with Gasteiger partial charge >= 0.3 is 0 Å².